The van der Waals surface area contributed by atoms with Gasteiger partial charge >= 0.3 is 5.97 Å². The smallest absolute Gasteiger partial charge is 0.344 e. The molecule has 0 radical (unpaired) electrons. The average molecular weight is 397 g/mol. The van der Waals surface area contributed by atoms with Crippen molar-refractivity contribution in [1.82, 2.24) is 0 Å². The van der Waals surface area contributed by atoms with Crippen molar-refractivity contribution in [1.29, 1.82) is 0 Å². The van der Waals surface area contributed by atoms with Gasteiger partial charge in [0.15, 0.2) is 6.10 Å². The van der Waals surface area contributed by atoms with E-state index in [0.29, 0.717) is 17.2 Å². The zero-order chi connectivity index (χ0) is 20.8. The van der Waals surface area contributed by atoms with Crippen molar-refractivity contribution in [3.05, 3.63) is 90.0 Å². The number of carbonyl (C=O) groups is 2. The first-order valence-corrected chi connectivity index (χ1v) is 8.73. The van der Waals surface area contributed by atoms with Gasteiger partial charge in [0.1, 0.15) is 28.7 Å². The quantitative estimate of drug-likeness (QED) is 0.599. The summed E-state index contributed by atoms with van der Waals surface area (Å²) in [4.78, 5) is 24.2. The van der Waals surface area contributed by atoms with Crippen LogP contribution in [0.5, 0.6) is 11.5 Å². The zero-order valence-electron chi connectivity index (χ0n) is 15.4. The molecule has 0 fully saturated rings. The summed E-state index contributed by atoms with van der Waals surface area (Å²) < 4.78 is 37.8. The molecule has 1 atom stereocenters. The number of halogens is 2. The molecule has 29 heavy (non-hydrogen) atoms. The van der Waals surface area contributed by atoms with Gasteiger partial charge in [0.25, 0.3) is 5.91 Å². The number of hydrogen-bond donors (Lipinski definition) is 1. The van der Waals surface area contributed by atoms with Crippen LogP contribution in [0.1, 0.15) is 17.3 Å². The molecule has 0 saturated heterocycles. The molecular weight excluding hydrogens is 380 g/mol. The Balaban J connectivity index is 1.58. The minimum atomic E-state index is -1.26. The highest BCUT2D eigenvalue weighted by Crippen LogP contribution is 2.23. The second kappa shape index (κ2) is 8.97. The fraction of sp³-hybridized carbons (Fsp3) is 0.0909. The maximum Gasteiger partial charge on any atom is 0.344 e. The van der Waals surface area contributed by atoms with E-state index in [4.69, 9.17) is 9.47 Å². The van der Waals surface area contributed by atoms with E-state index < -0.39 is 35.2 Å². The predicted molar refractivity (Wildman–Crippen MR) is 103 cm³/mol. The van der Waals surface area contributed by atoms with E-state index in [1.54, 1.807) is 24.3 Å². The first kappa shape index (κ1) is 20.0. The molecule has 0 aliphatic heterocycles. The lowest BCUT2D eigenvalue weighted by atomic mass is 10.2. The van der Waals surface area contributed by atoms with Crippen molar-refractivity contribution in [3.63, 3.8) is 0 Å². The van der Waals surface area contributed by atoms with Crippen LogP contribution in [-0.4, -0.2) is 18.0 Å². The van der Waals surface area contributed by atoms with Gasteiger partial charge in [-0.15, -0.1) is 0 Å². The van der Waals surface area contributed by atoms with Crippen LogP contribution in [0.4, 0.5) is 14.5 Å². The number of para-hydroxylation sites is 1. The van der Waals surface area contributed by atoms with E-state index in [1.165, 1.54) is 6.92 Å². The first-order valence-electron chi connectivity index (χ1n) is 8.73. The Bertz CT molecular complexity index is 987. The van der Waals surface area contributed by atoms with E-state index in [0.717, 1.165) is 18.2 Å². The number of ether oxygens (including phenoxy) is 2. The van der Waals surface area contributed by atoms with Crippen molar-refractivity contribution in [2.45, 2.75) is 13.0 Å². The van der Waals surface area contributed by atoms with Gasteiger partial charge in [0.2, 0.25) is 0 Å². The van der Waals surface area contributed by atoms with Crippen molar-refractivity contribution in [3.8, 4) is 11.5 Å². The summed E-state index contributed by atoms with van der Waals surface area (Å²) in [6.07, 6.45) is -1.26. The first-order chi connectivity index (χ1) is 13.9. The molecule has 0 heterocycles. The van der Waals surface area contributed by atoms with Crippen LogP contribution in [0, 0.1) is 11.6 Å². The fourth-order valence-electron chi connectivity index (χ4n) is 2.44. The van der Waals surface area contributed by atoms with Gasteiger partial charge in [0, 0.05) is 5.69 Å². The largest absolute Gasteiger partial charge is 0.457 e. The van der Waals surface area contributed by atoms with Crippen molar-refractivity contribution in [2.75, 3.05) is 5.32 Å². The SMILES string of the molecule is C[C@@H](OC(=O)c1c(F)cccc1F)C(=O)Nc1ccc(Oc2ccccc2)cc1. The Morgan fingerprint density at radius 3 is 2.03 bits per heavy atom. The molecule has 1 amide bonds. The van der Waals surface area contributed by atoms with E-state index in [9.17, 15) is 18.4 Å². The molecule has 1 N–H and O–H groups in total. The zero-order valence-corrected chi connectivity index (χ0v) is 15.4. The highest BCUT2D eigenvalue weighted by atomic mass is 19.1. The Morgan fingerprint density at radius 1 is 0.828 bits per heavy atom. The highest BCUT2D eigenvalue weighted by Gasteiger charge is 2.24. The Labute approximate surface area is 165 Å². The van der Waals surface area contributed by atoms with Crippen LogP contribution in [0.15, 0.2) is 72.8 Å². The van der Waals surface area contributed by atoms with E-state index in [-0.39, 0.29) is 0 Å². The molecule has 7 heteroatoms. The Morgan fingerprint density at radius 2 is 1.41 bits per heavy atom. The number of hydrogen-bond acceptors (Lipinski definition) is 4. The predicted octanol–water partition coefficient (Wildman–Crippen LogP) is 4.94. The second-order valence-corrected chi connectivity index (χ2v) is 6.07. The van der Waals surface area contributed by atoms with Crippen LogP contribution in [0.3, 0.4) is 0 Å². The monoisotopic (exact) mass is 397 g/mol. The minimum absolute atomic E-state index is 0.440. The van der Waals surface area contributed by atoms with Crippen molar-refractivity contribution < 1.29 is 27.8 Å². The number of carbonyl (C=O) groups excluding carboxylic acids is 2. The third kappa shape index (κ3) is 5.16. The Hall–Kier alpha value is -3.74. The average Bonchev–Trinajstić information content (AvgIpc) is 2.70. The standard InChI is InChI=1S/C22H17F2NO4/c1-14(28-22(27)20-18(23)8-5-9-19(20)24)21(26)25-15-10-12-17(13-11-15)29-16-6-3-2-4-7-16/h2-14H,1H3,(H,25,26)/t14-/m1/s1. The van der Waals surface area contributed by atoms with Crippen LogP contribution < -0.4 is 10.1 Å². The van der Waals surface area contributed by atoms with Crippen LogP contribution in [-0.2, 0) is 9.53 Å². The molecule has 148 valence electrons. The normalized spacial score (nSPS) is 11.4. The van der Waals surface area contributed by atoms with Gasteiger partial charge in [-0.1, -0.05) is 24.3 Å². The molecule has 0 unspecified atom stereocenters. The molecule has 3 aromatic carbocycles. The number of esters is 1. The van der Waals surface area contributed by atoms with E-state index in [1.807, 2.05) is 30.3 Å². The molecule has 3 rings (SSSR count). The summed E-state index contributed by atoms with van der Waals surface area (Å²) in [7, 11) is 0. The molecular formula is C22H17F2NO4. The van der Waals surface area contributed by atoms with Crippen LogP contribution in [0.25, 0.3) is 0 Å². The molecule has 0 aromatic heterocycles. The number of rotatable bonds is 6. The summed E-state index contributed by atoms with van der Waals surface area (Å²) in [6.45, 7) is 1.30. The van der Waals surface area contributed by atoms with Crippen LogP contribution >= 0.6 is 0 Å². The summed E-state index contributed by atoms with van der Waals surface area (Å²) in [5.41, 5.74) is -0.398. The van der Waals surface area contributed by atoms with Gasteiger partial charge in [-0.3, -0.25) is 4.79 Å². The maximum atomic E-state index is 13.6. The molecule has 0 saturated carbocycles. The van der Waals surface area contributed by atoms with Crippen molar-refractivity contribution >= 4 is 17.6 Å². The topological polar surface area (TPSA) is 64.6 Å². The molecule has 0 spiro atoms. The number of benzene rings is 3. The summed E-state index contributed by atoms with van der Waals surface area (Å²) in [5.74, 6) is -2.77. The highest BCUT2D eigenvalue weighted by molar-refractivity contribution is 5.97. The maximum absolute atomic E-state index is 13.6. The van der Waals surface area contributed by atoms with E-state index in [2.05, 4.69) is 5.32 Å². The Kier molecular flexibility index (Phi) is 6.19. The third-order valence-corrected chi connectivity index (χ3v) is 3.92. The molecule has 0 aliphatic rings. The number of nitrogens with one attached hydrogen (secondary N) is 1. The van der Waals surface area contributed by atoms with Gasteiger partial charge < -0.3 is 14.8 Å². The molecule has 3 aromatic rings. The summed E-state index contributed by atoms with van der Waals surface area (Å²) in [6, 6.07) is 18.7. The summed E-state index contributed by atoms with van der Waals surface area (Å²) >= 11 is 0. The van der Waals surface area contributed by atoms with Gasteiger partial charge in [-0.2, -0.15) is 0 Å². The summed E-state index contributed by atoms with van der Waals surface area (Å²) in [5, 5.41) is 2.56. The lowest BCUT2D eigenvalue weighted by molar-refractivity contribution is -0.123. The van der Waals surface area contributed by atoms with Gasteiger partial charge in [-0.05, 0) is 55.5 Å². The minimum Gasteiger partial charge on any atom is -0.457 e. The lowest BCUT2D eigenvalue weighted by Gasteiger charge is -2.14. The van der Waals surface area contributed by atoms with Gasteiger partial charge in [0.05, 0.1) is 0 Å². The number of anilines is 1. The molecule has 0 aliphatic carbocycles. The van der Waals surface area contributed by atoms with Crippen LogP contribution in [0.2, 0.25) is 0 Å². The van der Waals surface area contributed by atoms with Gasteiger partial charge in [-0.25, -0.2) is 13.6 Å². The number of amides is 1. The second-order valence-electron chi connectivity index (χ2n) is 6.07. The molecule has 5 nitrogen and oxygen atoms in total. The third-order valence-electron chi connectivity index (χ3n) is 3.92. The lowest BCUT2D eigenvalue weighted by Crippen LogP contribution is -2.30. The van der Waals surface area contributed by atoms with Crippen molar-refractivity contribution in [2.24, 2.45) is 0 Å². The van der Waals surface area contributed by atoms with E-state index >= 15 is 0 Å². The fourth-order valence-corrected chi connectivity index (χ4v) is 2.44. The molecule has 0 bridgehead atoms.